The summed E-state index contributed by atoms with van der Waals surface area (Å²) < 4.78 is 15.5. The van der Waals surface area contributed by atoms with Crippen molar-refractivity contribution in [1.82, 2.24) is 25.0 Å². The van der Waals surface area contributed by atoms with Gasteiger partial charge in [0.05, 0.1) is 11.8 Å². The van der Waals surface area contributed by atoms with E-state index in [9.17, 15) is 9.18 Å². The lowest BCUT2D eigenvalue weighted by Gasteiger charge is -2.31. The molecule has 1 aliphatic rings. The first-order valence-electron chi connectivity index (χ1n) is 11.0. The van der Waals surface area contributed by atoms with E-state index in [4.69, 9.17) is 0 Å². The molecule has 0 aliphatic carbocycles. The van der Waals surface area contributed by atoms with E-state index >= 15 is 0 Å². The first-order valence-corrected chi connectivity index (χ1v) is 12.9. The van der Waals surface area contributed by atoms with E-state index < -0.39 is 0 Å². The number of nitrogens with one attached hydrogen (secondary N) is 1. The zero-order chi connectivity index (χ0) is 22.3. The second kappa shape index (κ2) is 11.1. The number of carbonyl (C=O) groups excluding carboxylic acids is 1. The van der Waals surface area contributed by atoms with Gasteiger partial charge in [-0.05, 0) is 75.0 Å². The van der Waals surface area contributed by atoms with Gasteiger partial charge in [0.25, 0.3) is 0 Å². The molecule has 3 aromatic rings. The van der Waals surface area contributed by atoms with Crippen LogP contribution >= 0.6 is 23.1 Å². The summed E-state index contributed by atoms with van der Waals surface area (Å²) in [5, 5.41) is 14.5. The minimum atomic E-state index is -0.285. The van der Waals surface area contributed by atoms with E-state index in [-0.39, 0.29) is 23.5 Å². The molecule has 1 atom stereocenters. The number of likely N-dealkylation sites (tertiary alicyclic amines) is 1. The second-order valence-corrected chi connectivity index (χ2v) is 9.87. The van der Waals surface area contributed by atoms with Crippen molar-refractivity contribution >= 4 is 29.0 Å². The molecule has 1 aromatic carbocycles. The topological polar surface area (TPSA) is 63.1 Å². The van der Waals surface area contributed by atoms with E-state index in [0.29, 0.717) is 11.7 Å². The molecular formula is C23H28FN5OS2. The average molecular weight is 474 g/mol. The monoisotopic (exact) mass is 473 g/mol. The van der Waals surface area contributed by atoms with Crippen LogP contribution in [0.1, 0.15) is 42.9 Å². The standard InChI is InChI=1S/C23H28FN5OS2/c1-17(28-13-3-2-4-14-28)22-26-27-23(29(22)19-9-7-18(24)8-10-19)32-16-21(30)25-12-11-20-6-5-15-31-20/h5-10,15,17H,2-4,11-14,16H2,1H3,(H,25,30). The fraction of sp³-hybridized carbons (Fsp3) is 0.435. The van der Waals surface area contributed by atoms with Gasteiger partial charge in [0.1, 0.15) is 5.82 Å². The van der Waals surface area contributed by atoms with Gasteiger partial charge >= 0.3 is 0 Å². The summed E-state index contributed by atoms with van der Waals surface area (Å²) in [4.78, 5) is 16.1. The molecule has 6 nitrogen and oxygen atoms in total. The summed E-state index contributed by atoms with van der Waals surface area (Å²) in [6.45, 7) is 4.82. The van der Waals surface area contributed by atoms with E-state index in [0.717, 1.165) is 31.0 Å². The van der Waals surface area contributed by atoms with Crippen LogP contribution in [0.4, 0.5) is 4.39 Å². The molecule has 170 valence electrons. The van der Waals surface area contributed by atoms with Crippen molar-refractivity contribution in [3.63, 3.8) is 0 Å². The van der Waals surface area contributed by atoms with E-state index in [1.54, 1.807) is 23.5 Å². The van der Waals surface area contributed by atoms with E-state index in [2.05, 4.69) is 33.4 Å². The minimum absolute atomic E-state index is 0.0363. The number of hydrogen-bond donors (Lipinski definition) is 1. The predicted molar refractivity (Wildman–Crippen MR) is 127 cm³/mol. The maximum absolute atomic E-state index is 13.5. The van der Waals surface area contributed by atoms with E-state index in [1.807, 2.05) is 16.0 Å². The molecule has 32 heavy (non-hydrogen) atoms. The number of nitrogens with zero attached hydrogens (tertiary/aromatic N) is 4. The second-order valence-electron chi connectivity index (χ2n) is 7.89. The third-order valence-corrected chi connectivity index (χ3v) is 7.53. The molecule has 1 aliphatic heterocycles. The highest BCUT2D eigenvalue weighted by molar-refractivity contribution is 7.99. The van der Waals surface area contributed by atoms with Gasteiger partial charge in [-0.1, -0.05) is 24.2 Å². The molecule has 1 N–H and O–H groups in total. The van der Waals surface area contributed by atoms with Crippen LogP contribution in [0.2, 0.25) is 0 Å². The molecule has 1 amide bonds. The summed E-state index contributed by atoms with van der Waals surface area (Å²) in [7, 11) is 0. The number of amides is 1. The van der Waals surface area contributed by atoms with Crippen LogP contribution in [0.25, 0.3) is 5.69 Å². The van der Waals surface area contributed by atoms with Gasteiger partial charge in [0.15, 0.2) is 11.0 Å². The van der Waals surface area contributed by atoms with Crippen LogP contribution in [0.5, 0.6) is 0 Å². The number of rotatable bonds is 9. The van der Waals surface area contributed by atoms with Gasteiger partial charge in [-0.2, -0.15) is 0 Å². The SMILES string of the molecule is CC(c1nnc(SCC(=O)NCCc2cccs2)n1-c1ccc(F)cc1)N1CCCCC1. The highest BCUT2D eigenvalue weighted by Gasteiger charge is 2.25. The molecule has 3 heterocycles. The summed E-state index contributed by atoms with van der Waals surface area (Å²) >= 11 is 3.05. The lowest BCUT2D eigenvalue weighted by Crippen LogP contribution is -2.33. The van der Waals surface area contributed by atoms with Crippen LogP contribution in [0.15, 0.2) is 46.9 Å². The van der Waals surface area contributed by atoms with Crippen LogP contribution in [-0.4, -0.2) is 51.0 Å². The molecule has 4 rings (SSSR count). The summed E-state index contributed by atoms with van der Waals surface area (Å²) in [5.41, 5.74) is 0.802. The van der Waals surface area contributed by atoms with Crippen LogP contribution in [-0.2, 0) is 11.2 Å². The van der Waals surface area contributed by atoms with Gasteiger partial charge in [-0.3, -0.25) is 14.3 Å². The van der Waals surface area contributed by atoms with Crippen molar-refractivity contribution in [3.8, 4) is 5.69 Å². The number of halogens is 1. The molecule has 0 bridgehead atoms. The third-order valence-electron chi connectivity index (χ3n) is 5.66. The van der Waals surface area contributed by atoms with Gasteiger partial charge < -0.3 is 5.32 Å². The van der Waals surface area contributed by atoms with Gasteiger partial charge in [-0.15, -0.1) is 21.5 Å². The highest BCUT2D eigenvalue weighted by atomic mass is 32.2. The van der Waals surface area contributed by atoms with E-state index in [1.165, 1.54) is 48.0 Å². The Morgan fingerprint density at radius 3 is 2.69 bits per heavy atom. The maximum Gasteiger partial charge on any atom is 0.230 e. The first kappa shape index (κ1) is 22.9. The zero-order valence-electron chi connectivity index (χ0n) is 18.2. The average Bonchev–Trinajstić information content (AvgIpc) is 3.48. The lowest BCUT2D eigenvalue weighted by molar-refractivity contribution is -0.118. The molecule has 1 fully saturated rings. The quantitative estimate of drug-likeness (QED) is 0.465. The lowest BCUT2D eigenvalue weighted by atomic mass is 10.1. The Morgan fingerprint density at radius 2 is 1.97 bits per heavy atom. The molecule has 0 saturated carbocycles. The van der Waals surface area contributed by atoms with Crippen molar-refractivity contribution in [3.05, 3.63) is 58.3 Å². The number of hydrogen-bond acceptors (Lipinski definition) is 6. The number of benzene rings is 1. The molecular weight excluding hydrogens is 445 g/mol. The van der Waals surface area contributed by atoms with Crippen LogP contribution in [0.3, 0.4) is 0 Å². The summed E-state index contributed by atoms with van der Waals surface area (Å²) in [5.74, 6) is 0.749. The van der Waals surface area contributed by atoms with Crippen molar-refractivity contribution < 1.29 is 9.18 Å². The van der Waals surface area contributed by atoms with Crippen molar-refractivity contribution in [2.45, 2.75) is 43.8 Å². The Kier molecular flexibility index (Phi) is 7.94. The van der Waals surface area contributed by atoms with Crippen molar-refractivity contribution in [2.24, 2.45) is 0 Å². The first-order chi connectivity index (χ1) is 15.6. The molecule has 1 saturated heterocycles. The third kappa shape index (κ3) is 5.76. The Hall–Kier alpha value is -2.23. The summed E-state index contributed by atoms with van der Waals surface area (Å²) in [6.07, 6.45) is 4.46. The fourth-order valence-corrected chi connectivity index (χ4v) is 5.41. The maximum atomic E-state index is 13.5. The van der Waals surface area contributed by atoms with Crippen LogP contribution in [0, 0.1) is 5.82 Å². The Balaban J connectivity index is 1.46. The molecule has 9 heteroatoms. The van der Waals surface area contributed by atoms with Gasteiger partial charge in [0.2, 0.25) is 5.91 Å². The fourth-order valence-electron chi connectivity index (χ4n) is 3.91. The van der Waals surface area contributed by atoms with Crippen molar-refractivity contribution in [1.29, 1.82) is 0 Å². The van der Waals surface area contributed by atoms with Crippen molar-refractivity contribution in [2.75, 3.05) is 25.4 Å². The Bertz CT molecular complexity index is 1000. The number of thioether (sulfide) groups is 1. The molecule has 2 aromatic heterocycles. The molecule has 1 unspecified atom stereocenters. The number of piperidine rings is 1. The highest BCUT2D eigenvalue weighted by Crippen LogP contribution is 2.29. The molecule has 0 spiro atoms. The smallest absolute Gasteiger partial charge is 0.230 e. The number of aromatic nitrogens is 3. The zero-order valence-corrected chi connectivity index (χ0v) is 19.8. The van der Waals surface area contributed by atoms with Gasteiger partial charge in [-0.25, -0.2) is 4.39 Å². The van der Waals surface area contributed by atoms with Crippen LogP contribution < -0.4 is 5.32 Å². The largest absolute Gasteiger partial charge is 0.355 e. The summed E-state index contributed by atoms with van der Waals surface area (Å²) in [6, 6.07) is 10.5. The Morgan fingerprint density at radius 1 is 1.19 bits per heavy atom. The minimum Gasteiger partial charge on any atom is -0.355 e. The molecule has 0 radical (unpaired) electrons. The predicted octanol–water partition coefficient (Wildman–Crippen LogP) is 4.47. The number of thiophene rings is 1. The number of carbonyl (C=O) groups is 1. The Labute approximate surface area is 196 Å². The normalized spacial score (nSPS) is 15.6. The van der Waals surface area contributed by atoms with Gasteiger partial charge in [0, 0.05) is 17.1 Å².